The predicted octanol–water partition coefficient (Wildman–Crippen LogP) is 4.53. The Kier molecular flexibility index (Phi) is 7.86. The molecule has 2 heterocycles. The fourth-order valence-electron chi connectivity index (χ4n) is 3.42. The Morgan fingerprint density at radius 2 is 1.91 bits per heavy atom. The summed E-state index contributed by atoms with van der Waals surface area (Å²) in [4.78, 5) is 39.9. The fraction of sp³-hybridized carbons (Fsp3) is 0.348. The maximum atomic E-state index is 13.2. The van der Waals surface area contributed by atoms with Crippen LogP contribution in [0.2, 0.25) is 0 Å². The standard InChI is InChI=1S/C23H25F3N6O2S/c1-12-5-6-14(8-16(12)23(24,25)26)31-21(34)18-9-28-22(35-18)13(2)7-17(33)19-15(10-32(3)4)20(27)30-11-29-19/h5-6,8-9,11,13H,7,10H2,1-4H3,(H,31,34)(H2,27,29,30). The van der Waals surface area contributed by atoms with Crippen LogP contribution in [0.15, 0.2) is 30.7 Å². The highest BCUT2D eigenvalue weighted by molar-refractivity contribution is 7.13. The van der Waals surface area contributed by atoms with Crippen molar-refractivity contribution in [3.63, 3.8) is 0 Å². The van der Waals surface area contributed by atoms with Gasteiger partial charge in [0, 0.05) is 30.1 Å². The molecule has 0 radical (unpaired) electrons. The third kappa shape index (κ3) is 6.40. The Morgan fingerprint density at radius 3 is 2.57 bits per heavy atom. The zero-order valence-electron chi connectivity index (χ0n) is 19.6. The van der Waals surface area contributed by atoms with Crippen molar-refractivity contribution in [1.82, 2.24) is 19.9 Å². The van der Waals surface area contributed by atoms with Crippen molar-refractivity contribution in [1.29, 1.82) is 0 Å². The zero-order chi connectivity index (χ0) is 25.9. The lowest BCUT2D eigenvalue weighted by Crippen LogP contribution is -2.19. The summed E-state index contributed by atoms with van der Waals surface area (Å²) in [5.41, 5.74) is 6.01. The number of anilines is 2. The second-order valence-corrected chi connectivity index (χ2v) is 9.46. The molecule has 1 unspecified atom stereocenters. The molecule has 1 atom stereocenters. The minimum atomic E-state index is -4.52. The maximum absolute atomic E-state index is 13.2. The number of hydrogen-bond acceptors (Lipinski definition) is 8. The van der Waals surface area contributed by atoms with Gasteiger partial charge in [-0.25, -0.2) is 15.0 Å². The van der Waals surface area contributed by atoms with E-state index in [0.717, 1.165) is 17.4 Å². The molecule has 8 nitrogen and oxygen atoms in total. The highest BCUT2D eigenvalue weighted by atomic mass is 32.1. The molecule has 0 saturated heterocycles. The van der Waals surface area contributed by atoms with Crippen molar-refractivity contribution in [2.75, 3.05) is 25.1 Å². The first-order valence-corrected chi connectivity index (χ1v) is 11.4. The summed E-state index contributed by atoms with van der Waals surface area (Å²) in [6, 6.07) is 3.61. The monoisotopic (exact) mass is 506 g/mol. The Balaban J connectivity index is 1.72. The average molecular weight is 507 g/mol. The van der Waals surface area contributed by atoms with Crippen molar-refractivity contribution in [2.24, 2.45) is 0 Å². The smallest absolute Gasteiger partial charge is 0.383 e. The van der Waals surface area contributed by atoms with Gasteiger partial charge < -0.3 is 16.0 Å². The van der Waals surface area contributed by atoms with Crippen LogP contribution in [0.4, 0.5) is 24.7 Å². The van der Waals surface area contributed by atoms with E-state index >= 15 is 0 Å². The van der Waals surface area contributed by atoms with Crippen molar-refractivity contribution < 1.29 is 22.8 Å². The Labute approximate surface area is 204 Å². The molecule has 0 bridgehead atoms. The van der Waals surface area contributed by atoms with Crippen LogP contribution >= 0.6 is 11.3 Å². The molecule has 0 fully saturated rings. The SMILES string of the molecule is Cc1ccc(NC(=O)c2cnc(C(C)CC(=O)c3ncnc(N)c3CN(C)C)s2)cc1C(F)(F)F. The third-order valence-corrected chi connectivity index (χ3v) is 6.41. The van der Waals surface area contributed by atoms with Crippen LogP contribution < -0.4 is 11.1 Å². The first kappa shape index (κ1) is 26.2. The molecule has 0 spiro atoms. The van der Waals surface area contributed by atoms with E-state index in [2.05, 4.69) is 20.3 Å². The second kappa shape index (κ2) is 10.5. The number of Topliss-reactive ketones (excluding diaryl/α,β-unsaturated/α-hetero) is 1. The van der Waals surface area contributed by atoms with Crippen LogP contribution in [0.1, 0.15) is 61.1 Å². The van der Waals surface area contributed by atoms with Gasteiger partial charge in [0.25, 0.3) is 5.91 Å². The molecule has 0 aliphatic carbocycles. The number of nitrogen functional groups attached to an aromatic ring is 1. The van der Waals surface area contributed by atoms with Gasteiger partial charge in [-0.15, -0.1) is 11.3 Å². The molecule has 1 aromatic carbocycles. The normalized spacial score (nSPS) is 12.6. The lowest BCUT2D eigenvalue weighted by molar-refractivity contribution is -0.138. The first-order valence-electron chi connectivity index (χ1n) is 10.6. The maximum Gasteiger partial charge on any atom is 0.416 e. The van der Waals surface area contributed by atoms with E-state index in [9.17, 15) is 22.8 Å². The van der Waals surface area contributed by atoms with E-state index in [-0.39, 0.29) is 45.8 Å². The van der Waals surface area contributed by atoms with E-state index in [1.165, 1.54) is 31.6 Å². The second-order valence-electron chi connectivity index (χ2n) is 8.40. The number of nitrogens with zero attached hydrogens (tertiary/aromatic N) is 4. The molecular formula is C23H25F3N6O2S. The summed E-state index contributed by atoms with van der Waals surface area (Å²) in [7, 11) is 3.68. The van der Waals surface area contributed by atoms with E-state index < -0.39 is 17.6 Å². The number of halogens is 3. The number of aromatic nitrogens is 3. The number of ketones is 1. The number of nitrogens with one attached hydrogen (secondary N) is 1. The first-order chi connectivity index (χ1) is 16.4. The summed E-state index contributed by atoms with van der Waals surface area (Å²) in [6.07, 6.45) is -1.85. The molecule has 0 aliphatic heterocycles. The summed E-state index contributed by atoms with van der Waals surface area (Å²) in [5, 5.41) is 3.02. The van der Waals surface area contributed by atoms with E-state index in [0.29, 0.717) is 17.1 Å². The van der Waals surface area contributed by atoms with Crippen molar-refractivity contribution in [3.8, 4) is 0 Å². The number of alkyl halides is 3. The number of amides is 1. The molecular weight excluding hydrogens is 481 g/mol. The van der Waals surface area contributed by atoms with E-state index in [4.69, 9.17) is 5.73 Å². The fourth-order valence-corrected chi connectivity index (χ4v) is 4.28. The molecule has 1 amide bonds. The topological polar surface area (TPSA) is 114 Å². The number of carbonyl (C=O) groups excluding carboxylic acids is 2. The van der Waals surface area contributed by atoms with Crippen molar-refractivity contribution in [3.05, 3.63) is 63.0 Å². The number of aryl methyl sites for hydroxylation is 1. The summed E-state index contributed by atoms with van der Waals surface area (Å²) in [5.74, 6) is -0.901. The number of benzene rings is 1. The van der Waals surface area contributed by atoms with Crippen LogP contribution in [0, 0.1) is 6.92 Å². The van der Waals surface area contributed by atoms with Crippen LogP contribution in [-0.2, 0) is 12.7 Å². The van der Waals surface area contributed by atoms with Gasteiger partial charge in [-0.3, -0.25) is 9.59 Å². The Hall–Kier alpha value is -3.38. The number of rotatable bonds is 8. The van der Waals surface area contributed by atoms with Gasteiger partial charge in [-0.2, -0.15) is 13.2 Å². The molecule has 3 rings (SSSR count). The third-order valence-electron chi connectivity index (χ3n) is 5.18. The number of nitrogens with two attached hydrogens (primary N) is 1. The van der Waals surface area contributed by atoms with Crippen LogP contribution in [0.3, 0.4) is 0 Å². The number of carbonyl (C=O) groups is 2. The van der Waals surface area contributed by atoms with Crippen molar-refractivity contribution in [2.45, 2.75) is 38.9 Å². The number of hydrogen-bond donors (Lipinski definition) is 2. The van der Waals surface area contributed by atoms with Gasteiger partial charge in [0.2, 0.25) is 0 Å². The van der Waals surface area contributed by atoms with Gasteiger partial charge in [-0.1, -0.05) is 13.0 Å². The minimum absolute atomic E-state index is 0.0286. The lowest BCUT2D eigenvalue weighted by Gasteiger charge is -2.15. The molecule has 186 valence electrons. The molecule has 0 saturated carbocycles. The Bertz CT molecular complexity index is 1240. The molecule has 35 heavy (non-hydrogen) atoms. The predicted molar refractivity (Wildman–Crippen MR) is 127 cm³/mol. The van der Waals surface area contributed by atoms with Crippen molar-refractivity contribution >= 4 is 34.5 Å². The Morgan fingerprint density at radius 1 is 1.20 bits per heavy atom. The molecule has 12 heteroatoms. The van der Waals surface area contributed by atoms with Crippen LogP contribution in [-0.4, -0.2) is 45.6 Å². The average Bonchev–Trinajstić information content (AvgIpc) is 3.26. The van der Waals surface area contributed by atoms with Gasteiger partial charge in [0.1, 0.15) is 22.7 Å². The number of thiazole rings is 1. The van der Waals surface area contributed by atoms with Crippen LogP contribution in [0.5, 0.6) is 0 Å². The summed E-state index contributed by atoms with van der Waals surface area (Å²) >= 11 is 1.07. The minimum Gasteiger partial charge on any atom is -0.383 e. The van der Waals surface area contributed by atoms with E-state index in [1.807, 2.05) is 19.0 Å². The quantitative estimate of drug-likeness (QED) is 0.432. The molecule has 3 aromatic rings. The molecule has 3 N–H and O–H groups in total. The molecule has 0 aliphatic rings. The van der Waals surface area contributed by atoms with Crippen LogP contribution in [0.25, 0.3) is 0 Å². The highest BCUT2D eigenvalue weighted by Crippen LogP contribution is 2.34. The molecule has 2 aromatic heterocycles. The zero-order valence-corrected chi connectivity index (χ0v) is 20.4. The summed E-state index contributed by atoms with van der Waals surface area (Å²) in [6.45, 7) is 3.55. The highest BCUT2D eigenvalue weighted by Gasteiger charge is 2.32. The van der Waals surface area contributed by atoms with E-state index in [1.54, 1.807) is 6.92 Å². The van der Waals surface area contributed by atoms with Gasteiger partial charge in [-0.05, 0) is 38.7 Å². The lowest BCUT2D eigenvalue weighted by atomic mass is 10.0. The summed E-state index contributed by atoms with van der Waals surface area (Å²) < 4.78 is 39.5. The van der Waals surface area contributed by atoms with Gasteiger partial charge in [0.15, 0.2) is 5.78 Å². The van der Waals surface area contributed by atoms with Gasteiger partial charge >= 0.3 is 6.18 Å². The van der Waals surface area contributed by atoms with Gasteiger partial charge in [0.05, 0.1) is 16.8 Å². The largest absolute Gasteiger partial charge is 0.416 e.